The number of aryl methyl sites for hydroxylation is 1. The van der Waals surface area contributed by atoms with Gasteiger partial charge in [-0.3, -0.25) is 4.79 Å². The molecule has 1 aromatic rings. The summed E-state index contributed by atoms with van der Waals surface area (Å²) in [7, 11) is 0. The van der Waals surface area contributed by atoms with Gasteiger partial charge in [-0.1, -0.05) is 24.9 Å². The smallest absolute Gasteiger partial charge is 0.287 e. The van der Waals surface area contributed by atoms with E-state index in [-0.39, 0.29) is 16.1 Å². The quantitative estimate of drug-likeness (QED) is 0.829. The Morgan fingerprint density at radius 1 is 1.56 bits per heavy atom. The Morgan fingerprint density at radius 2 is 2.22 bits per heavy atom. The molecule has 102 valence electrons. The number of anilines is 1. The normalized spacial score (nSPS) is 11.6. The number of nitrogens with zero attached hydrogens (tertiary/aromatic N) is 2. The minimum atomic E-state index is -0.326. The second-order valence-electron chi connectivity index (χ2n) is 4.97. The summed E-state index contributed by atoms with van der Waals surface area (Å²) >= 11 is 6.06. The van der Waals surface area contributed by atoms with Crippen LogP contribution in [0.1, 0.15) is 33.6 Å². The van der Waals surface area contributed by atoms with Gasteiger partial charge in [-0.25, -0.2) is 4.68 Å². The molecule has 0 radical (unpaired) electrons. The standard InChI is InChI=1S/C12H21ClN4O/c1-4-5-6-17-11(18)10(13)9(7-15-17)16-12(2,3)8-14/h7,16H,4-6,8,14H2,1-3H3. The van der Waals surface area contributed by atoms with Gasteiger partial charge >= 0.3 is 0 Å². The topological polar surface area (TPSA) is 72.9 Å². The number of hydrogen-bond acceptors (Lipinski definition) is 4. The number of rotatable bonds is 6. The van der Waals surface area contributed by atoms with Crippen molar-refractivity contribution in [3.63, 3.8) is 0 Å². The van der Waals surface area contributed by atoms with Crippen LogP contribution in [0.4, 0.5) is 5.69 Å². The molecule has 1 rings (SSSR count). The molecule has 0 saturated carbocycles. The third-order valence-electron chi connectivity index (χ3n) is 2.69. The maximum absolute atomic E-state index is 12.0. The van der Waals surface area contributed by atoms with Gasteiger partial charge in [0.05, 0.1) is 11.9 Å². The second kappa shape index (κ2) is 6.20. The van der Waals surface area contributed by atoms with Crippen molar-refractivity contribution in [2.24, 2.45) is 5.73 Å². The van der Waals surface area contributed by atoms with E-state index in [1.807, 2.05) is 13.8 Å². The molecule has 0 aromatic carbocycles. The van der Waals surface area contributed by atoms with Gasteiger partial charge in [0.1, 0.15) is 5.02 Å². The molecule has 0 spiro atoms. The van der Waals surface area contributed by atoms with Crippen LogP contribution in [-0.4, -0.2) is 21.9 Å². The summed E-state index contributed by atoms with van der Waals surface area (Å²) in [5.74, 6) is 0. The van der Waals surface area contributed by atoms with E-state index in [4.69, 9.17) is 17.3 Å². The Kier molecular flexibility index (Phi) is 5.16. The van der Waals surface area contributed by atoms with Crippen molar-refractivity contribution in [3.8, 4) is 0 Å². The Bertz CT molecular complexity index is 456. The average molecular weight is 273 g/mol. The molecular weight excluding hydrogens is 252 g/mol. The molecule has 0 aliphatic carbocycles. The third kappa shape index (κ3) is 3.71. The molecular formula is C12H21ClN4O. The van der Waals surface area contributed by atoms with Crippen molar-refractivity contribution >= 4 is 17.3 Å². The van der Waals surface area contributed by atoms with E-state index < -0.39 is 0 Å². The zero-order chi connectivity index (χ0) is 13.8. The molecule has 6 heteroatoms. The van der Waals surface area contributed by atoms with E-state index in [9.17, 15) is 4.79 Å². The van der Waals surface area contributed by atoms with Gasteiger partial charge in [-0.05, 0) is 20.3 Å². The number of nitrogens with one attached hydrogen (secondary N) is 1. The van der Waals surface area contributed by atoms with E-state index in [0.717, 1.165) is 12.8 Å². The van der Waals surface area contributed by atoms with E-state index in [0.29, 0.717) is 18.8 Å². The predicted molar refractivity (Wildman–Crippen MR) is 75.2 cm³/mol. The van der Waals surface area contributed by atoms with E-state index >= 15 is 0 Å². The molecule has 0 atom stereocenters. The summed E-state index contributed by atoms with van der Waals surface area (Å²) in [5, 5.41) is 7.41. The Hall–Kier alpha value is -1.07. The molecule has 0 amide bonds. The largest absolute Gasteiger partial charge is 0.376 e. The molecule has 5 nitrogen and oxygen atoms in total. The molecule has 0 bridgehead atoms. The maximum Gasteiger partial charge on any atom is 0.287 e. The van der Waals surface area contributed by atoms with Gasteiger partial charge in [-0.2, -0.15) is 5.10 Å². The van der Waals surface area contributed by atoms with E-state index in [2.05, 4.69) is 17.3 Å². The second-order valence-corrected chi connectivity index (χ2v) is 5.35. The molecule has 1 heterocycles. The molecule has 0 fully saturated rings. The van der Waals surface area contributed by atoms with Crippen LogP contribution in [0.25, 0.3) is 0 Å². The van der Waals surface area contributed by atoms with Crippen molar-refractivity contribution in [1.82, 2.24) is 9.78 Å². The van der Waals surface area contributed by atoms with Gasteiger partial charge in [0, 0.05) is 18.6 Å². The van der Waals surface area contributed by atoms with Crippen LogP contribution in [0, 0.1) is 0 Å². The van der Waals surface area contributed by atoms with Crippen LogP contribution < -0.4 is 16.6 Å². The summed E-state index contributed by atoms with van der Waals surface area (Å²) in [6.45, 7) is 6.96. The fraction of sp³-hybridized carbons (Fsp3) is 0.667. The highest BCUT2D eigenvalue weighted by Crippen LogP contribution is 2.19. The average Bonchev–Trinajstić information content (AvgIpc) is 2.34. The molecule has 0 aliphatic rings. The molecule has 1 aromatic heterocycles. The van der Waals surface area contributed by atoms with Crippen LogP contribution in [0.3, 0.4) is 0 Å². The van der Waals surface area contributed by atoms with Crippen molar-refractivity contribution in [3.05, 3.63) is 21.6 Å². The zero-order valence-corrected chi connectivity index (χ0v) is 11.9. The maximum atomic E-state index is 12.0. The lowest BCUT2D eigenvalue weighted by molar-refractivity contribution is 0.539. The molecule has 0 aliphatic heterocycles. The monoisotopic (exact) mass is 272 g/mol. The first-order chi connectivity index (χ1) is 8.41. The molecule has 18 heavy (non-hydrogen) atoms. The summed E-state index contributed by atoms with van der Waals surface area (Å²) in [5.41, 5.74) is 5.57. The first kappa shape index (κ1) is 15.0. The van der Waals surface area contributed by atoms with Crippen molar-refractivity contribution in [2.45, 2.75) is 45.7 Å². The summed E-state index contributed by atoms with van der Waals surface area (Å²) < 4.78 is 1.40. The lowest BCUT2D eigenvalue weighted by Crippen LogP contribution is -2.40. The molecule has 0 saturated heterocycles. The Labute approximate surface area is 112 Å². The van der Waals surface area contributed by atoms with Gasteiger partial charge in [-0.15, -0.1) is 0 Å². The van der Waals surface area contributed by atoms with Gasteiger partial charge < -0.3 is 11.1 Å². The highest BCUT2D eigenvalue weighted by molar-refractivity contribution is 6.32. The first-order valence-corrected chi connectivity index (χ1v) is 6.53. The number of hydrogen-bond donors (Lipinski definition) is 2. The summed E-state index contributed by atoms with van der Waals surface area (Å²) in [6, 6.07) is 0. The predicted octanol–water partition coefficient (Wildman–Crippen LogP) is 1.85. The summed E-state index contributed by atoms with van der Waals surface area (Å²) in [6.07, 6.45) is 3.49. The van der Waals surface area contributed by atoms with Crippen LogP contribution in [0.2, 0.25) is 5.02 Å². The Morgan fingerprint density at radius 3 is 2.78 bits per heavy atom. The number of nitrogens with two attached hydrogens (primary N) is 1. The third-order valence-corrected chi connectivity index (χ3v) is 3.06. The number of unbranched alkanes of at least 4 members (excludes halogenated alkanes) is 1. The number of halogens is 1. The van der Waals surface area contributed by atoms with Crippen LogP contribution in [0.15, 0.2) is 11.0 Å². The van der Waals surface area contributed by atoms with Crippen molar-refractivity contribution in [1.29, 1.82) is 0 Å². The first-order valence-electron chi connectivity index (χ1n) is 6.15. The highest BCUT2D eigenvalue weighted by Gasteiger charge is 2.18. The van der Waals surface area contributed by atoms with Gasteiger partial charge in [0.25, 0.3) is 5.56 Å². The number of aromatic nitrogens is 2. The van der Waals surface area contributed by atoms with Crippen molar-refractivity contribution < 1.29 is 0 Å². The fourth-order valence-corrected chi connectivity index (χ4v) is 1.63. The molecule has 0 unspecified atom stereocenters. The van der Waals surface area contributed by atoms with Crippen molar-refractivity contribution in [2.75, 3.05) is 11.9 Å². The zero-order valence-electron chi connectivity index (χ0n) is 11.2. The molecule has 3 N–H and O–H groups in total. The fourth-order valence-electron chi connectivity index (χ4n) is 1.43. The minimum Gasteiger partial charge on any atom is -0.376 e. The van der Waals surface area contributed by atoms with Crippen LogP contribution in [0.5, 0.6) is 0 Å². The van der Waals surface area contributed by atoms with Gasteiger partial charge in [0.15, 0.2) is 0 Å². The minimum absolute atomic E-state index is 0.169. The highest BCUT2D eigenvalue weighted by atomic mass is 35.5. The van der Waals surface area contributed by atoms with Crippen LogP contribution >= 0.6 is 11.6 Å². The van der Waals surface area contributed by atoms with E-state index in [1.165, 1.54) is 4.68 Å². The van der Waals surface area contributed by atoms with E-state index in [1.54, 1.807) is 6.20 Å². The summed E-state index contributed by atoms with van der Waals surface area (Å²) in [4.78, 5) is 12.0. The lowest BCUT2D eigenvalue weighted by atomic mass is 10.1. The SMILES string of the molecule is CCCCn1ncc(NC(C)(C)CN)c(Cl)c1=O. The Balaban J connectivity index is 2.98. The van der Waals surface area contributed by atoms with Crippen LogP contribution in [-0.2, 0) is 6.54 Å². The van der Waals surface area contributed by atoms with Gasteiger partial charge in [0.2, 0.25) is 0 Å². The lowest BCUT2D eigenvalue weighted by Gasteiger charge is -2.25.